The van der Waals surface area contributed by atoms with Crippen LogP contribution in [0, 0.1) is 6.92 Å². The van der Waals surface area contributed by atoms with Crippen LogP contribution >= 0.6 is 0 Å². The third-order valence-corrected chi connectivity index (χ3v) is 4.06. The van der Waals surface area contributed by atoms with Gasteiger partial charge in [0.1, 0.15) is 6.33 Å². The van der Waals surface area contributed by atoms with Crippen molar-refractivity contribution < 1.29 is 0 Å². The third kappa shape index (κ3) is 3.23. The molecule has 20 heavy (non-hydrogen) atoms. The molecule has 0 saturated carbocycles. The van der Waals surface area contributed by atoms with Crippen molar-refractivity contribution in [3.63, 3.8) is 0 Å². The number of aryl methyl sites for hydroxylation is 1. The molecule has 104 valence electrons. The first-order chi connectivity index (χ1) is 9.81. The minimum atomic E-state index is 0.553. The van der Waals surface area contributed by atoms with Gasteiger partial charge in [0.2, 0.25) is 0 Å². The van der Waals surface area contributed by atoms with Crippen molar-refractivity contribution in [2.24, 2.45) is 0 Å². The van der Waals surface area contributed by atoms with Gasteiger partial charge in [0.25, 0.3) is 0 Å². The lowest BCUT2D eigenvalue weighted by atomic mass is 9.94. The van der Waals surface area contributed by atoms with Crippen LogP contribution in [-0.4, -0.2) is 28.0 Å². The highest BCUT2D eigenvalue weighted by Gasteiger charge is 2.22. The first-order valence-corrected chi connectivity index (χ1v) is 7.35. The molecule has 1 unspecified atom stereocenters. The van der Waals surface area contributed by atoms with Gasteiger partial charge in [-0.3, -0.25) is 4.90 Å². The minimum Gasteiger partial charge on any atom is -0.298 e. The molecular formula is C17H21N3. The Bertz CT molecular complexity index is 536. The zero-order chi connectivity index (χ0) is 13.8. The summed E-state index contributed by atoms with van der Waals surface area (Å²) >= 11 is 0. The van der Waals surface area contributed by atoms with Gasteiger partial charge >= 0.3 is 0 Å². The minimum absolute atomic E-state index is 0.553. The van der Waals surface area contributed by atoms with E-state index in [1.807, 2.05) is 6.20 Å². The van der Waals surface area contributed by atoms with Gasteiger partial charge in [-0.2, -0.15) is 0 Å². The number of nitrogens with zero attached hydrogens (tertiary/aromatic N) is 3. The van der Waals surface area contributed by atoms with Gasteiger partial charge in [-0.15, -0.1) is 0 Å². The van der Waals surface area contributed by atoms with Gasteiger partial charge in [-0.05, 0) is 37.9 Å². The van der Waals surface area contributed by atoms with Crippen molar-refractivity contribution >= 4 is 0 Å². The summed E-state index contributed by atoms with van der Waals surface area (Å²) in [6.45, 7) is 5.47. The van der Waals surface area contributed by atoms with E-state index in [0.29, 0.717) is 5.92 Å². The zero-order valence-corrected chi connectivity index (χ0v) is 12.0. The normalized spacial score (nSPS) is 19.9. The number of piperidine rings is 1. The van der Waals surface area contributed by atoms with Crippen molar-refractivity contribution in [2.45, 2.75) is 32.2 Å². The van der Waals surface area contributed by atoms with E-state index in [1.54, 1.807) is 6.33 Å². The van der Waals surface area contributed by atoms with Crippen LogP contribution in [0.3, 0.4) is 0 Å². The van der Waals surface area contributed by atoms with E-state index in [2.05, 4.69) is 52.1 Å². The smallest absolute Gasteiger partial charge is 0.115 e. The van der Waals surface area contributed by atoms with Crippen LogP contribution in [0.4, 0.5) is 0 Å². The van der Waals surface area contributed by atoms with Crippen molar-refractivity contribution in [1.29, 1.82) is 0 Å². The van der Waals surface area contributed by atoms with Crippen LogP contribution in [0.15, 0.2) is 42.9 Å². The molecule has 3 heteroatoms. The maximum absolute atomic E-state index is 4.42. The topological polar surface area (TPSA) is 29.0 Å². The van der Waals surface area contributed by atoms with Gasteiger partial charge < -0.3 is 0 Å². The number of hydrogen-bond donors (Lipinski definition) is 0. The van der Waals surface area contributed by atoms with Crippen LogP contribution in [0.25, 0.3) is 0 Å². The van der Waals surface area contributed by atoms with E-state index in [9.17, 15) is 0 Å². The third-order valence-electron chi connectivity index (χ3n) is 4.06. The van der Waals surface area contributed by atoms with Crippen LogP contribution < -0.4 is 0 Å². The molecular weight excluding hydrogens is 246 g/mol. The maximum atomic E-state index is 4.42. The number of benzene rings is 1. The van der Waals surface area contributed by atoms with Gasteiger partial charge in [0, 0.05) is 30.9 Å². The van der Waals surface area contributed by atoms with Crippen LogP contribution in [0.5, 0.6) is 0 Å². The van der Waals surface area contributed by atoms with Crippen LogP contribution in [0.1, 0.15) is 35.6 Å². The number of aromatic nitrogens is 2. The molecule has 0 amide bonds. The summed E-state index contributed by atoms with van der Waals surface area (Å²) in [5.41, 5.74) is 3.92. The molecule has 0 aliphatic carbocycles. The molecule has 0 spiro atoms. The average molecular weight is 267 g/mol. The molecule has 1 aliphatic heterocycles. The van der Waals surface area contributed by atoms with Crippen LogP contribution in [-0.2, 0) is 6.54 Å². The Morgan fingerprint density at radius 1 is 1.20 bits per heavy atom. The summed E-state index contributed by atoms with van der Waals surface area (Å²) in [7, 11) is 0. The van der Waals surface area contributed by atoms with Crippen molar-refractivity contribution in [2.75, 3.05) is 13.1 Å². The van der Waals surface area contributed by atoms with E-state index >= 15 is 0 Å². The monoisotopic (exact) mass is 267 g/mol. The summed E-state index contributed by atoms with van der Waals surface area (Å²) in [6.07, 6.45) is 6.00. The number of hydrogen-bond acceptors (Lipinski definition) is 3. The predicted molar refractivity (Wildman–Crippen MR) is 80.5 cm³/mol. The van der Waals surface area contributed by atoms with E-state index in [-0.39, 0.29) is 0 Å². The Balaban J connectivity index is 1.65. The first-order valence-electron chi connectivity index (χ1n) is 7.35. The molecule has 0 N–H and O–H groups in total. The molecule has 0 bridgehead atoms. The molecule has 0 radical (unpaired) electrons. The van der Waals surface area contributed by atoms with E-state index < -0.39 is 0 Å². The Morgan fingerprint density at radius 2 is 2.05 bits per heavy atom. The van der Waals surface area contributed by atoms with Crippen LogP contribution in [0.2, 0.25) is 0 Å². The van der Waals surface area contributed by atoms with Crippen molar-refractivity contribution in [3.8, 4) is 0 Å². The second-order valence-electron chi connectivity index (χ2n) is 5.69. The Morgan fingerprint density at radius 3 is 2.80 bits per heavy atom. The lowest BCUT2D eigenvalue weighted by Gasteiger charge is -2.32. The molecule has 1 aromatic heterocycles. The van der Waals surface area contributed by atoms with Gasteiger partial charge in [0.05, 0.1) is 0 Å². The van der Waals surface area contributed by atoms with Crippen molar-refractivity contribution in [3.05, 3.63) is 59.7 Å². The molecule has 2 aromatic rings. The first kappa shape index (κ1) is 13.3. The molecule has 1 atom stereocenters. The largest absolute Gasteiger partial charge is 0.298 e. The van der Waals surface area contributed by atoms with Gasteiger partial charge in [0.15, 0.2) is 0 Å². The predicted octanol–water partition coefficient (Wildman–Crippen LogP) is 3.16. The Hall–Kier alpha value is -1.74. The lowest BCUT2D eigenvalue weighted by molar-refractivity contribution is 0.198. The molecule has 2 heterocycles. The SMILES string of the molecule is Cc1ccc(CN2CCCC(c3ccncn3)C2)cc1. The molecule has 3 nitrogen and oxygen atoms in total. The summed E-state index contributed by atoms with van der Waals surface area (Å²) in [4.78, 5) is 11.0. The van der Waals surface area contributed by atoms with Gasteiger partial charge in [-0.25, -0.2) is 9.97 Å². The van der Waals surface area contributed by atoms with Crippen molar-refractivity contribution in [1.82, 2.24) is 14.9 Å². The zero-order valence-electron chi connectivity index (χ0n) is 12.0. The molecule has 3 rings (SSSR count). The fourth-order valence-electron chi connectivity index (χ4n) is 2.93. The Kier molecular flexibility index (Phi) is 4.07. The highest BCUT2D eigenvalue weighted by Crippen LogP contribution is 2.26. The highest BCUT2D eigenvalue weighted by atomic mass is 15.1. The quantitative estimate of drug-likeness (QED) is 0.855. The Labute approximate surface area is 120 Å². The fraction of sp³-hybridized carbons (Fsp3) is 0.412. The fourth-order valence-corrected chi connectivity index (χ4v) is 2.93. The molecule has 1 saturated heterocycles. The van der Waals surface area contributed by atoms with Gasteiger partial charge in [-0.1, -0.05) is 29.8 Å². The summed E-state index contributed by atoms with van der Waals surface area (Å²) in [5.74, 6) is 0.553. The number of likely N-dealkylation sites (tertiary alicyclic amines) is 1. The van der Waals surface area contributed by atoms with E-state index in [1.165, 1.54) is 36.2 Å². The molecule has 1 aliphatic rings. The average Bonchev–Trinajstić information content (AvgIpc) is 2.51. The molecule has 1 fully saturated rings. The second kappa shape index (κ2) is 6.14. The lowest BCUT2D eigenvalue weighted by Crippen LogP contribution is -2.34. The maximum Gasteiger partial charge on any atom is 0.115 e. The standard InChI is InChI=1S/C17H21N3/c1-14-4-6-15(7-5-14)11-20-10-2-3-16(12-20)17-8-9-18-13-19-17/h4-9,13,16H,2-3,10-12H2,1H3. The summed E-state index contributed by atoms with van der Waals surface area (Å²) in [6, 6.07) is 10.9. The van der Waals surface area contributed by atoms with E-state index in [4.69, 9.17) is 0 Å². The highest BCUT2D eigenvalue weighted by molar-refractivity contribution is 5.21. The summed E-state index contributed by atoms with van der Waals surface area (Å²) in [5, 5.41) is 0. The van der Waals surface area contributed by atoms with E-state index in [0.717, 1.165) is 13.1 Å². The molecule has 1 aromatic carbocycles. The summed E-state index contributed by atoms with van der Waals surface area (Å²) < 4.78 is 0. The number of rotatable bonds is 3. The second-order valence-corrected chi connectivity index (χ2v) is 5.69.